The molecule has 0 aromatic carbocycles. The van der Waals surface area contributed by atoms with E-state index in [0.717, 1.165) is 0 Å². The number of nitrogen functional groups attached to an aromatic ring is 1. The lowest BCUT2D eigenvalue weighted by atomic mass is 10.6. The Hall–Kier alpha value is -1.03. The van der Waals surface area contributed by atoms with Gasteiger partial charge in [0.1, 0.15) is 0 Å². The van der Waals surface area contributed by atoms with Crippen LogP contribution in [-0.4, -0.2) is 51.9 Å². The number of rotatable bonds is 8. The van der Waals surface area contributed by atoms with Crippen molar-refractivity contribution in [2.24, 2.45) is 0 Å². The van der Waals surface area contributed by atoms with Gasteiger partial charge in [0.2, 0.25) is 5.95 Å². The van der Waals surface area contributed by atoms with E-state index in [0.29, 0.717) is 32.3 Å². The average Bonchev–Trinajstić information content (AvgIpc) is 2.32. The van der Waals surface area contributed by atoms with Crippen LogP contribution in [0.2, 0.25) is 5.15 Å². The molecule has 1 heterocycles. The molecule has 10 heteroatoms. The van der Waals surface area contributed by atoms with Gasteiger partial charge in [-0.1, -0.05) is 11.6 Å². The molecule has 18 heavy (non-hydrogen) atoms. The fraction of sp³-hybridized carbons (Fsp3) is 0.625. The molecule has 0 aliphatic rings. The Labute approximate surface area is 112 Å². The van der Waals surface area contributed by atoms with Crippen LogP contribution in [0.3, 0.4) is 0 Å². The molecule has 8 nitrogen and oxygen atoms in total. The zero-order valence-electron chi connectivity index (χ0n) is 9.85. The van der Waals surface area contributed by atoms with E-state index in [2.05, 4.69) is 25.2 Å². The summed E-state index contributed by atoms with van der Waals surface area (Å²) in [5.74, 6) is 0.429. The van der Waals surface area contributed by atoms with Crippen LogP contribution < -0.4 is 15.8 Å². The standard InChI is InChI=1S/C8H15ClN6O2S/c1-18(16)12-3-5-17-4-2-11-8-13-7(10)6(9)14-15-8/h12H,2-5H2,1H3,(H3,10,11,13,15). The predicted molar refractivity (Wildman–Crippen MR) is 70.6 cm³/mol. The topological polar surface area (TPSA) is 115 Å². The van der Waals surface area contributed by atoms with Crippen molar-refractivity contribution in [1.82, 2.24) is 19.9 Å². The molecule has 0 saturated carbocycles. The van der Waals surface area contributed by atoms with Crippen LogP contribution in [0.1, 0.15) is 0 Å². The fourth-order valence-electron chi connectivity index (χ4n) is 0.995. The molecule has 0 amide bonds. The Morgan fingerprint density at radius 1 is 1.39 bits per heavy atom. The van der Waals surface area contributed by atoms with Gasteiger partial charge >= 0.3 is 0 Å². The SMILES string of the molecule is CS(=O)NCCOCCNc1nnc(Cl)c(N)n1. The summed E-state index contributed by atoms with van der Waals surface area (Å²) in [5.41, 5.74) is 5.47. The summed E-state index contributed by atoms with van der Waals surface area (Å²) in [4.78, 5) is 3.88. The summed E-state index contributed by atoms with van der Waals surface area (Å²) in [6, 6.07) is 0. The Morgan fingerprint density at radius 2 is 2.11 bits per heavy atom. The summed E-state index contributed by atoms with van der Waals surface area (Å²) < 4.78 is 18.7. The van der Waals surface area contributed by atoms with Gasteiger partial charge in [-0.3, -0.25) is 0 Å². The molecule has 1 rings (SSSR count). The highest BCUT2D eigenvalue weighted by molar-refractivity contribution is 7.82. The van der Waals surface area contributed by atoms with Crippen molar-refractivity contribution in [3.05, 3.63) is 5.15 Å². The molecule has 0 saturated heterocycles. The molecule has 0 aliphatic carbocycles. The molecule has 0 bridgehead atoms. The van der Waals surface area contributed by atoms with Gasteiger partial charge in [0.15, 0.2) is 11.0 Å². The molecule has 1 aromatic rings. The van der Waals surface area contributed by atoms with Crippen molar-refractivity contribution < 1.29 is 8.95 Å². The zero-order chi connectivity index (χ0) is 13.4. The van der Waals surface area contributed by atoms with Crippen molar-refractivity contribution >= 4 is 34.4 Å². The van der Waals surface area contributed by atoms with Gasteiger partial charge in [0, 0.05) is 19.3 Å². The smallest absolute Gasteiger partial charge is 0.244 e. The van der Waals surface area contributed by atoms with Crippen molar-refractivity contribution in [2.45, 2.75) is 0 Å². The van der Waals surface area contributed by atoms with Crippen molar-refractivity contribution in [3.8, 4) is 0 Å². The first kappa shape index (κ1) is 15.0. The lowest BCUT2D eigenvalue weighted by molar-refractivity contribution is 0.149. The van der Waals surface area contributed by atoms with Crippen molar-refractivity contribution in [2.75, 3.05) is 43.6 Å². The van der Waals surface area contributed by atoms with Crippen LogP contribution in [0.15, 0.2) is 0 Å². The van der Waals surface area contributed by atoms with Gasteiger partial charge in [-0.05, 0) is 0 Å². The Kier molecular flexibility index (Phi) is 6.80. The van der Waals surface area contributed by atoms with E-state index in [1.54, 1.807) is 6.26 Å². The molecule has 4 N–H and O–H groups in total. The first-order valence-corrected chi connectivity index (χ1v) is 7.07. The number of nitrogens with zero attached hydrogens (tertiary/aromatic N) is 3. The number of nitrogens with one attached hydrogen (secondary N) is 2. The monoisotopic (exact) mass is 294 g/mol. The highest BCUT2D eigenvalue weighted by Gasteiger charge is 2.02. The Morgan fingerprint density at radius 3 is 2.78 bits per heavy atom. The van der Waals surface area contributed by atoms with Gasteiger partial charge in [-0.15, -0.1) is 10.2 Å². The highest BCUT2D eigenvalue weighted by atomic mass is 35.5. The van der Waals surface area contributed by atoms with Gasteiger partial charge in [-0.2, -0.15) is 4.98 Å². The first-order chi connectivity index (χ1) is 8.59. The van der Waals surface area contributed by atoms with E-state index in [1.165, 1.54) is 0 Å². The minimum atomic E-state index is -1.01. The largest absolute Gasteiger partial charge is 0.381 e. The lowest BCUT2D eigenvalue weighted by Crippen LogP contribution is -2.22. The summed E-state index contributed by atoms with van der Waals surface area (Å²) in [6.07, 6.45) is 1.57. The van der Waals surface area contributed by atoms with E-state index in [4.69, 9.17) is 22.1 Å². The van der Waals surface area contributed by atoms with Crippen molar-refractivity contribution in [3.63, 3.8) is 0 Å². The molecule has 1 aromatic heterocycles. The third-order valence-corrected chi connectivity index (χ3v) is 2.63. The number of hydrogen-bond acceptors (Lipinski definition) is 7. The minimum Gasteiger partial charge on any atom is -0.381 e. The summed E-state index contributed by atoms with van der Waals surface area (Å²) in [6.45, 7) is 1.99. The molecule has 0 radical (unpaired) electrons. The fourth-order valence-corrected chi connectivity index (χ4v) is 1.45. The third-order valence-electron chi connectivity index (χ3n) is 1.75. The van der Waals surface area contributed by atoms with E-state index in [9.17, 15) is 4.21 Å². The third kappa shape index (κ3) is 6.05. The number of ether oxygens (including phenoxy) is 1. The molecule has 0 aliphatic heterocycles. The first-order valence-electron chi connectivity index (χ1n) is 5.14. The van der Waals surface area contributed by atoms with Gasteiger partial charge < -0.3 is 15.8 Å². The van der Waals surface area contributed by atoms with E-state index >= 15 is 0 Å². The number of anilines is 2. The van der Waals surface area contributed by atoms with Crippen LogP contribution in [0.25, 0.3) is 0 Å². The van der Waals surface area contributed by atoms with E-state index in [1.807, 2.05) is 0 Å². The maximum Gasteiger partial charge on any atom is 0.244 e. The normalized spacial score (nSPS) is 12.3. The van der Waals surface area contributed by atoms with Crippen LogP contribution in [0.4, 0.5) is 11.8 Å². The van der Waals surface area contributed by atoms with Crippen LogP contribution in [0, 0.1) is 0 Å². The molecule has 102 valence electrons. The minimum absolute atomic E-state index is 0.0791. The summed E-state index contributed by atoms with van der Waals surface area (Å²) in [5, 5.41) is 10.3. The van der Waals surface area contributed by atoms with E-state index in [-0.39, 0.29) is 11.0 Å². The molecular formula is C8H15ClN6O2S. The maximum absolute atomic E-state index is 10.7. The molecule has 1 unspecified atom stereocenters. The number of aromatic nitrogens is 3. The molecule has 0 fully saturated rings. The average molecular weight is 295 g/mol. The second-order valence-electron chi connectivity index (χ2n) is 3.20. The second kappa shape index (κ2) is 8.14. The predicted octanol–water partition coefficient (Wildman–Crippen LogP) is -0.581. The van der Waals surface area contributed by atoms with Gasteiger partial charge in [0.05, 0.1) is 24.2 Å². The molecular weight excluding hydrogens is 280 g/mol. The summed E-state index contributed by atoms with van der Waals surface area (Å²) >= 11 is 5.58. The van der Waals surface area contributed by atoms with Crippen LogP contribution >= 0.6 is 11.6 Å². The summed E-state index contributed by atoms with van der Waals surface area (Å²) in [7, 11) is -1.01. The quantitative estimate of drug-likeness (QED) is 0.549. The number of halogens is 1. The number of hydrogen-bond donors (Lipinski definition) is 3. The van der Waals surface area contributed by atoms with Gasteiger partial charge in [0.25, 0.3) is 0 Å². The lowest BCUT2D eigenvalue weighted by Gasteiger charge is -2.06. The van der Waals surface area contributed by atoms with Crippen molar-refractivity contribution in [1.29, 1.82) is 0 Å². The highest BCUT2D eigenvalue weighted by Crippen LogP contribution is 2.11. The number of nitrogens with two attached hydrogens (primary N) is 1. The molecule has 1 atom stereocenters. The Balaban J connectivity index is 2.10. The van der Waals surface area contributed by atoms with E-state index < -0.39 is 11.0 Å². The van der Waals surface area contributed by atoms with Gasteiger partial charge in [-0.25, -0.2) is 8.93 Å². The van der Waals surface area contributed by atoms with Crippen LogP contribution in [0.5, 0.6) is 0 Å². The maximum atomic E-state index is 10.7. The van der Waals surface area contributed by atoms with Crippen LogP contribution in [-0.2, 0) is 15.7 Å². The Bertz CT molecular complexity index is 407. The second-order valence-corrected chi connectivity index (χ2v) is 4.75. The zero-order valence-corrected chi connectivity index (χ0v) is 11.4. The molecule has 0 spiro atoms.